The van der Waals surface area contributed by atoms with Crippen molar-refractivity contribution in [3.63, 3.8) is 0 Å². The van der Waals surface area contributed by atoms with Crippen molar-refractivity contribution in [1.29, 1.82) is 0 Å². The SMILES string of the molecule is C[C@@H]1[C@@H](O)[C@H](C)O[C@H]2C[C@H]3OC(C)(C)OC[C@H]3O[C@@H]12. The fourth-order valence-electron chi connectivity index (χ4n) is 3.42. The molecule has 0 spiro atoms. The average molecular weight is 272 g/mol. The molecule has 5 heteroatoms. The summed E-state index contributed by atoms with van der Waals surface area (Å²) in [6.45, 7) is 8.33. The van der Waals surface area contributed by atoms with Gasteiger partial charge in [0.05, 0.1) is 37.1 Å². The Morgan fingerprint density at radius 2 is 1.79 bits per heavy atom. The van der Waals surface area contributed by atoms with Crippen LogP contribution in [0.4, 0.5) is 0 Å². The molecule has 3 saturated heterocycles. The molecular weight excluding hydrogens is 248 g/mol. The van der Waals surface area contributed by atoms with Crippen molar-refractivity contribution in [3.8, 4) is 0 Å². The van der Waals surface area contributed by atoms with Crippen LogP contribution in [0.25, 0.3) is 0 Å². The fourth-order valence-corrected chi connectivity index (χ4v) is 3.42. The van der Waals surface area contributed by atoms with E-state index in [2.05, 4.69) is 0 Å². The predicted molar refractivity (Wildman–Crippen MR) is 67.7 cm³/mol. The smallest absolute Gasteiger partial charge is 0.163 e. The highest BCUT2D eigenvalue weighted by molar-refractivity contribution is 4.97. The normalized spacial score (nSPS) is 53.2. The molecule has 7 atom stereocenters. The minimum Gasteiger partial charge on any atom is -0.390 e. The van der Waals surface area contributed by atoms with Crippen LogP contribution in [-0.4, -0.2) is 54.1 Å². The number of aliphatic hydroxyl groups excluding tert-OH is 1. The van der Waals surface area contributed by atoms with Crippen molar-refractivity contribution >= 4 is 0 Å². The largest absolute Gasteiger partial charge is 0.390 e. The van der Waals surface area contributed by atoms with Crippen molar-refractivity contribution in [2.75, 3.05) is 6.61 Å². The van der Waals surface area contributed by atoms with Gasteiger partial charge in [0.15, 0.2) is 5.79 Å². The lowest BCUT2D eigenvalue weighted by atomic mass is 9.83. The van der Waals surface area contributed by atoms with E-state index in [1.165, 1.54) is 0 Å². The zero-order valence-corrected chi connectivity index (χ0v) is 12.0. The molecule has 3 rings (SSSR count). The number of rotatable bonds is 0. The molecule has 0 unspecified atom stereocenters. The molecule has 1 N–H and O–H groups in total. The Balaban J connectivity index is 1.74. The highest BCUT2D eigenvalue weighted by Crippen LogP contribution is 2.39. The Hall–Kier alpha value is -0.200. The van der Waals surface area contributed by atoms with E-state index >= 15 is 0 Å². The van der Waals surface area contributed by atoms with E-state index in [0.29, 0.717) is 6.61 Å². The van der Waals surface area contributed by atoms with E-state index < -0.39 is 11.9 Å². The first-order valence-corrected chi connectivity index (χ1v) is 7.18. The van der Waals surface area contributed by atoms with Crippen LogP contribution in [0.15, 0.2) is 0 Å². The number of hydrogen-bond donors (Lipinski definition) is 1. The quantitative estimate of drug-likeness (QED) is 0.715. The summed E-state index contributed by atoms with van der Waals surface area (Å²) in [5.41, 5.74) is 0. The van der Waals surface area contributed by atoms with Gasteiger partial charge in [0, 0.05) is 12.3 Å². The minimum atomic E-state index is -0.553. The lowest BCUT2D eigenvalue weighted by Crippen LogP contribution is -2.63. The Morgan fingerprint density at radius 3 is 2.53 bits per heavy atom. The summed E-state index contributed by atoms with van der Waals surface area (Å²) in [5.74, 6) is -0.479. The Morgan fingerprint density at radius 1 is 1.05 bits per heavy atom. The standard InChI is InChI=1S/C14H24O5/c1-7-12(15)8(2)17-10-5-9-11(18-13(7)10)6-16-14(3,4)19-9/h7-13,15H,5-6H2,1-4H3/t7-,8+,9-,10+,11-,12-,13+/m1/s1. The molecule has 0 aromatic heterocycles. The average Bonchev–Trinajstić information content (AvgIpc) is 2.33. The van der Waals surface area contributed by atoms with Crippen LogP contribution in [0.1, 0.15) is 34.1 Å². The Bertz CT molecular complexity index is 345. The molecule has 3 fully saturated rings. The Labute approximate surface area is 114 Å². The molecule has 3 aliphatic rings. The summed E-state index contributed by atoms with van der Waals surface area (Å²) in [7, 11) is 0. The van der Waals surface area contributed by atoms with Gasteiger partial charge < -0.3 is 24.1 Å². The van der Waals surface area contributed by atoms with Crippen molar-refractivity contribution in [1.82, 2.24) is 0 Å². The van der Waals surface area contributed by atoms with Crippen LogP contribution in [0.5, 0.6) is 0 Å². The molecule has 0 saturated carbocycles. The first-order chi connectivity index (χ1) is 8.87. The second kappa shape index (κ2) is 4.67. The van der Waals surface area contributed by atoms with Gasteiger partial charge in [0.25, 0.3) is 0 Å². The van der Waals surface area contributed by atoms with Crippen molar-refractivity contribution < 1.29 is 24.1 Å². The van der Waals surface area contributed by atoms with Crippen LogP contribution in [0.3, 0.4) is 0 Å². The molecule has 0 aromatic rings. The predicted octanol–water partition coefficient (Wildman–Crippen LogP) is 1.08. The molecule has 3 heterocycles. The highest BCUT2D eigenvalue weighted by atomic mass is 16.7. The van der Waals surface area contributed by atoms with Gasteiger partial charge in [-0.25, -0.2) is 0 Å². The summed E-state index contributed by atoms with van der Waals surface area (Å²) < 4.78 is 23.6. The maximum Gasteiger partial charge on any atom is 0.163 e. The maximum atomic E-state index is 10.1. The molecule has 19 heavy (non-hydrogen) atoms. The van der Waals surface area contributed by atoms with Gasteiger partial charge in [0.2, 0.25) is 0 Å². The summed E-state index contributed by atoms with van der Waals surface area (Å²) in [4.78, 5) is 0. The summed E-state index contributed by atoms with van der Waals surface area (Å²) in [5, 5.41) is 10.1. The van der Waals surface area contributed by atoms with Crippen molar-refractivity contribution in [3.05, 3.63) is 0 Å². The van der Waals surface area contributed by atoms with E-state index in [0.717, 1.165) is 6.42 Å². The van der Waals surface area contributed by atoms with Crippen LogP contribution in [0.2, 0.25) is 0 Å². The lowest BCUT2D eigenvalue weighted by molar-refractivity contribution is -0.354. The molecule has 3 aliphatic heterocycles. The van der Waals surface area contributed by atoms with E-state index in [1.54, 1.807) is 0 Å². The second-order valence-corrected chi connectivity index (χ2v) is 6.47. The minimum absolute atomic E-state index is 0.00329. The Kier molecular flexibility index (Phi) is 3.38. The van der Waals surface area contributed by atoms with Gasteiger partial charge >= 0.3 is 0 Å². The molecule has 110 valence electrons. The molecule has 0 amide bonds. The van der Waals surface area contributed by atoms with Gasteiger partial charge in [-0.3, -0.25) is 0 Å². The topological polar surface area (TPSA) is 57.2 Å². The third kappa shape index (κ3) is 2.43. The number of hydrogen-bond acceptors (Lipinski definition) is 5. The van der Waals surface area contributed by atoms with E-state index in [4.69, 9.17) is 18.9 Å². The zero-order valence-electron chi connectivity index (χ0n) is 12.0. The number of aliphatic hydroxyl groups is 1. The van der Waals surface area contributed by atoms with Gasteiger partial charge in [-0.15, -0.1) is 0 Å². The van der Waals surface area contributed by atoms with Crippen molar-refractivity contribution in [2.45, 2.75) is 76.5 Å². The second-order valence-electron chi connectivity index (χ2n) is 6.47. The van der Waals surface area contributed by atoms with E-state index in [-0.39, 0.29) is 36.4 Å². The molecule has 0 bridgehead atoms. The zero-order chi connectivity index (χ0) is 13.8. The molecule has 0 radical (unpaired) electrons. The molecule has 0 aliphatic carbocycles. The lowest BCUT2D eigenvalue weighted by Gasteiger charge is -2.52. The molecule has 0 aromatic carbocycles. The van der Waals surface area contributed by atoms with Gasteiger partial charge in [0.1, 0.15) is 6.10 Å². The highest BCUT2D eigenvalue weighted by Gasteiger charge is 2.51. The first-order valence-electron chi connectivity index (χ1n) is 7.18. The van der Waals surface area contributed by atoms with Crippen LogP contribution in [0, 0.1) is 5.92 Å². The maximum absolute atomic E-state index is 10.1. The third-order valence-electron chi connectivity index (χ3n) is 4.54. The van der Waals surface area contributed by atoms with Crippen LogP contribution in [-0.2, 0) is 18.9 Å². The van der Waals surface area contributed by atoms with Gasteiger partial charge in [-0.2, -0.15) is 0 Å². The van der Waals surface area contributed by atoms with Crippen LogP contribution < -0.4 is 0 Å². The van der Waals surface area contributed by atoms with Gasteiger partial charge in [-0.1, -0.05) is 6.92 Å². The third-order valence-corrected chi connectivity index (χ3v) is 4.54. The van der Waals surface area contributed by atoms with E-state index in [1.807, 2.05) is 27.7 Å². The first kappa shape index (κ1) is 13.8. The monoisotopic (exact) mass is 272 g/mol. The number of ether oxygens (including phenoxy) is 4. The van der Waals surface area contributed by atoms with E-state index in [9.17, 15) is 5.11 Å². The molecule has 5 nitrogen and oxygen atoms in total. The van der Waals surface area contributed by atoms with Crippen LogP contribution >= 0.6 is 0 Å². The summed E-state index contributed by atoms with van der Waals surface area (Å²) in [6.07, 6.45) is 0.0812. The summed E-state index contributed by atoms with van der Waals surface area (Å²) in [6, 6.07) is 0. The molecular formula is C14H24O5. The number of fused-ring (bicyclic) bond motifs is 2. The summed E-state index contributed by atoms with van der Waals surface area (Å²) >= 11 is 0. The van der Waals surface area contributed by atoms with Gasteiger partial charge in [-0.05, 0) is 20.8 Å². The van der Waals surface area contributed by atoms with Crippen molar-refractivity contribution in [2.24, 2.45) is 5.92 Å². The fraction of sp³-hybridized carbons (Fsp3) is 1.00.